The lowest BCUT2D eigenvalue weighted by atomic mass is 9.91. The van der Waals surface area contributed by atoms with Gasteiger partial charge in [-0.2, -0.15) is 0 Å². The highest BCUT2D eigenvalue weighted by molar-refractivity contribution is 5.84. The van der Waals surface area contributed by atoms with Gasteiger partial charge in [0.05, 0.1) is 0 Å². The molecule has 1 aliphatic heterocycles. The van der Waals surface area contributed by atoms with Gasteiger partial charge in [-0.25, -0.2) is 0 Å². The summed E-state index contributed by atoms with van der Waals surface area (Å²) < 4.78 is 0. The molecule has 1 saturated carbocycles. The van der Waals surface area contributed by atoms with Crippen LogP contribution in [0.3, 0.4) is 0 Å². The van der Waals surface area contributed by atoms with E-state index in [2.05, 4.69) is 52.9 Å². The van der Waals surface area contributed by atoms with Crippen molar-refractivity contribution in [1.82, 2.24) is 5.32 Å². The number of hydrogen-bond donors (Lipinski definition) is 1. The lowest BCUT2D eigenvalue weighted by Gasteiger charge is -2.15. The second kappa shape index (κ2) is 4.32. The maximum absolute atomic E-state index is 4.86. The minimum Gasteiger partial charge on any atom is -0.399 e. The molecule has 20 heavy (non-hydrogen) atoms. The molecule has 3 unspecified atom stereocenters. The molecule has 2 aromatic carbocycles. The molecule has 4 rings (SSSR count). The van der Waals surface area contributed by atoms with E-state index in [9.17, 15) is 0 Å². The summed E-state index contributed by atoms with van der Waals surface area (Å²) in [6.45, 7) is 2.11. The molecule has 2 fully saturated rings. The molecule has 0 bridgehead atoms. The number of hydrogen-bond acceptors (Lipinski definition) is 3. The number of oxime groups is 1. The molecule has 1 aliphatic carbocycles. The number of piperidine rings is 1. The van der Waals surface area contributed by atoms with E-state index in [0.717, 1.165) is 13.1 Å². The average molecular weight is 266 g/mol. The third-order valence-corrected chi connectivity index (χ3v) is 4.98. The fourth-order valence-corrected chi connectivity index (χ4v) is 3.89. The van der Waals surface area contributed by atoms with Crippen LogP contribution in [0.4, 0.5) is 0 Å². The molecule has 0 aromatic heterocycles. The van der Waals surface area contributed by atoms with Gasteiger partial charge in [0, 0.05) is 24.1 Å². The topological polar surface area (TPSA) is 33.6 Å². The van der Waals surface area contributed by atoms with Gasteiger partial charge in [0.1, 0.15) is 7.11 Å². The molecule has 0 amide bonds. The Bertz CT molecular complexity index is 681. The van der Waals surface area contributed by atoms with Gasteiger partial charge >= 0.3 is 0 Å². The van der Waals surface area contributed by atoms with Crippen LogP contribution in [-0.4, -0.2) is 26.4 Å². The number of fused-ring (bicyclic) bond motifs is 2. The smallest absolute Gasteiger partial charge is 0.106 e. The molecule has 3 atom stereocenters. The van der Waals surface area contributed by atoms with Gasteiger partial charge < -0.3 is 10.2 Å². The first-order valence-corrected chi connectivity index (χ1v) is 7.13. The predicted octanol–water partition coefficient (Wildman–Crippen LogP) is 2.56. The molecule has 1 heterocycles. The number of benzene rings is 2. The van der Waals surface area contributed by atoms with E-state index in [0.29, 0.717) is 11.8 Å². The molecule has 2 aromatic rings. The van der Waals surface area contributed by atoms with E-state index >= 15 is 0 Å². The zero-order chi connectivity index (χ0) is 13.6. The van der Waals surface area contributed by atoms with Crippen LogP contribution in [0.5, 0.6) is 0 Å². The third kappa shape index (κ3) is 1.53. The van der Waals surface area contributed by atoms with Gasteiger partial charge in [-0.15, -0.1) is 0 Å². The van der Waals surface area contributed by atoms with Crippen molar-refractivity contribution in [2.75, 3.05) is 20.2 Å². The highest BCUT2D eigenvalue weighted by Gasteiger charge is 2.67. The van der Waals surface area contributed by atoms with Gasteiger partial charge in [-0.3, -0.25) is 0 Å². The number of nitrogens with zero attached hydrogens (tertiary/aromatic N) is 1. The molecule has 3 nitrogen and oxygen atoms in total. The van der Waals surface area contributed by atoms with Crippen molar-refractivity contribution in [2.24, 2.45) is 17.0 Å². The van der Waals surface area contributed by atoms with Crippen molar-refractivity contribution in [3.05, 3.63) is 48.0 Å². The maximum atomic E-state index is 4.86. The van der Waals surface area contributed by atoms with Crippen LogP contribution in [-0.2, 0) is 10.3 Å². The largest absolute Gasteiger partial charge is 0.399 e. The zero-order valence-corrected chi connectivity index (χ0v) is 11.5. The summed E-state index contributed by atoms with van der Waals surface area (Å²) in [4.78, 5) is 4.86. The second-order valence-electron chi connectivity index (χ2n) is 5.80. The van der Waals surface area contributed by atoms with Crippen molar-refractivity contribution in [1.29, 1.82) is 0 Å². The summed E-state index contributed by atoms with van der Waals surface area (Å²) in [6, 6.07) is 15.4. The van der Waals surface area contributed by atoms with Crippen molar-refractivity contribution >= 4 is 17.0 Å². The van der Waals surface area contributed by atoms with E-state index < -0.39 is 0 Å². The molecule has 1 saturated heterocycles. The first-order valence-electron chi connectivity index (χ1n) is 7.13. The number of rotatable bonds is 3. The standard InChI is InChI=1S/C17H18N2O/c1-20-19-10-16-15-9-18-11-17(15,16)14-7-6-12-4-2-3-5-13(12)8-14/h2-8,10,15-16,18H,9,11H2,1H3/b19-10+. The highest BCUT2D eigenvalue weighted by atomic mass is 16.6. The summed E-state index contributed by atoms with van der Waals surface area (Å²) in [7, 11) is 1.61. The van der Waals surface area contributed by atoms with Gasteiger partial charge in [-0.1, -0.05) is 47.6 Å². The Morgan fingerprint density at radius 3 is 2.95 bits per heavy atom. The summed E-state index contributed by atoms with van der Waals surface area (Å²) in [6.07, 6.45) is 1.99. The van der Waals surface area contributed by atoms with E-state index in [-0.39, 0.29) is 5.41 Å². The Balaban J connectivity index is 1.76. The summed E-state index contributed by atoms with van der Waals surface area (Å²) >= 11 is 0. The number of nitrogens with one attached hydrogen (secondary N) is 1. The van der Waals surface area contributed by atoms with Crippen molar-refractivity contribution in [3.63, 3.8) is 0 Å². The fourth-order valence-electron chi connectivity index (χ4n) is 3.89. The molecule has 0 radical (unpaired) electrons. The molecule has 2 aliphatic rings. The molecule has 3 heteroatoms. The van der Waals surface area contributed by atoms with Crippen LogP contribution in [0.25, 0.3) is 10.8 Å². The van der Waals surface area contributed by atoms with Gasteiger partial charge in [0.2, 0.25) is 0 Å². The molecular weight excluding hydrogens is 248 g/mol. The summed E-state index contributed by atoms with van der Waals surface area (Å²) in [5.74, 6) is 1.16. The molecule has 0 spiro atoms. The Kier molecular flexibility index (Phi) is 2.57. The SMILES string of the molecule is CO/N=C/C1C2CNCC12c1ccc2ccccc2c1. The van der Waals surface area contributed by atoms with Crippen LogP contribution >= 0.6 is 0 Å². The van der Waals surface area contributed by atoms with Gasteiger partial charge in [0.15, 0.2) is 0 Å². The maximum Gasteiger partial charge on any atom is 0.106 e. The van der Waals surface area contributed by atoms with Gasteiger partial charge in [0.25, 0.3) is 0 Å². The minimum atomic E-state index is 0.228. The Morgan fingerprint density at radius 2 is 2.10 bits per heavy atom. The van der Waals surface area contributed by atoms with E-state index in [1.54, 1.807) is 7.11 Å². The quantitative estimate of drug-likeness (QED) is 0.684. The van der Waals surface area contributed by atoms with Crippen LogP contribution in [0.2, 0.25) is 0 Å². The third-order valence-electron chi connectivity index (χ3n) is 4.98. The summed E-state index contributed by atoms with van der Waals surface area (Å²) in [5.41, 5.74) is 1.66. The Hall–Kier alpha value is -1.87. The van der Waals surface area contributed by atoms with Crippen molar-refractivity contribution in [2.45, 2.75) is 5.41 Å². The van der Waals surface area contributed by atoms with Gasteiger partial charge in [-0.05, 0) is 28.8 Å². The monoisotopic (exact) mass is 266 g/mol. The fraction of sp³-hybridized carbons (Fsp3) is 0.353. The summed E-state index contributed by atoms with van der Waals surface area (Å²) in [5, 5.41) is 10.1. The van der Waals surface area contributed by atoms with E-state index in [1.807, 2.05) is 6.21 Å². The predicted molar refractivity (Wildman–Crippen MR) is 81.0 cm³/mol. The molecule has 1 N–H and O–H groups in total. The molecule has 102 valence electrons. The first kappa shape index (κ1) is 11.9. The van der Waals surface area contributed by atoms with Crippen LogP contribution in [0.15, 0.2) is 47.6 Å². The first-order chi connectivity index (χ1) is 9.86. The Morgan fingerprint density at radius 1 is 1.25 bits per heavy atom. The van der Waals surface area contributed by atoms with Crippen molar-refractivity contribution < 1.29 is 4.84 Å². The second-order valence-corrected chi connectivity index (χ2v) is 5.80. The average Bonchev–Trinajstić information content (AvgIpc) is 2.89. The van der Waals surface area contributed by atoms with Crippen LogP contribution in [0.1, 0.15) is 5.56 Å². The Labute approximate surface area is 118 Å². The van der Waals surface area contributed by atoms with Crippen LogP contribution < -0.4 is 5.32 Å². The lowest BCUT2D eigenvalue weighted by molar-refractivity contribution is 0.214. The zero-order valence-electron chi connectivity index (χ0n) is 11.5. The lowest BCUT2D eigenvalue weighted by Crippen LogP contribution is -2.23. The minimum absolute atomic E-state index is 0.228. The van der Waals surface area contributed by atoms with Crippen LogP contribution in [0, 0.1) is 11.8 Å². The molecular formula is C17H18N2O. The normalized spacial score (nSPS) is 31.6. The van der Waals surface area contributed by atoms with E-state index in [1.165, 1.54) is 16.3 Å². The highest BCUT2D eigenvalue weighted by Crippen LogP contribution is 2.61. The van der Waals surface area contributed by atoms with E-state index in [4.69, 9.17) is 4.84 Å². The van der Waals surface area contributed by atoms with Crippen molar-refractivity contribution in [3.8, 4) is 0 Å².